The van der Waals surface area contributed by atoms with Crippen LogP contribution in [0, 0.1) is 0 Å². The highest BCUT2D eigenvalue weighted by Gasteiger charge is 2.41. The predicted octanol–water partition coefficient (Wildman–Crippen LogP) is 5.05. The van der Waals surface area contributed by atoms with Gasteiger partial charge in [0.2, 0.25) is 6.04 Å². The van der Waals surface area contributed by atoms with Gasteiger partial charge in [-0.05, 0) is 34.5 Å². The summed E-state index contributed by atoms with van der Waals surface area (Å²) >= 11 is 0. The first-order chi connectivity index (χ1) is 16.2. The molecule has 1 unspecified atom stereocenters. The van der Waals surface area contributed by atoms with E-state index >= 15 is 0 Å². The minimum absolute atomic E-state index is 0.000140. The first kappa shape index (κ1) is 19.4. The lowest BCUT2D eigenvalue weighted by molar-refractivity contribution is -0.552. The van der Waals surface area contributed by atoms with Crippen LogP contribution in [0.4, 0.5) is 5.82 Å². The van der Waals surface area contributed by atoms with Crippen molar-refractivity contribution < 1.29 is 13.8 Å². The van der Waals surface area contributed by atoms with Crippen molar-refractivity contribution in [2.45, 2.75) is 18.9 Å². The standard InChI is InChI=1S/C28H21N3O2/c32-28-25(17-23-11-6-14-33-23)30-27-24(15-19-7-2-1-3-8-19)29-26(18-31(27)28)22-13-12-20-9-4-5-10-21(20)16-22/h1-14,16,18,25H,15,17H2/p+1. The van der Waals surface area contributed by atoms with Crippen LogP contribution < -0.4 is 9.88 Å². The average molecular weight is 433 g/mol. The van der Waals surface area contributed by atoms with Crippen LogP contribution in [0.5, 0.6) is 0 Å². The van der Waals surface area contributed by atoms with Gasteiger partial charge in [-0.2, -0.15) is 4.57 Å². The Morgan fingerprint density at radius 3 is 2.55 bits per heavy atom. The molecule has 5 aromatic rings. The second-order valence-electron chi connectivity index (χ2n) is 8.33. The summed E-state index contributed by atoms with van der Waals surface area (Å²) in [5.41, 5.74) is 3.76. The van der Waals surface area contributed by atoms with Crippen molar-refractivity contribution >= 4 is 22.5 Å². The van der Waals surface area contributed by atoms with Gasteiger partial charge in [0.15, 0.2) is 0 Å². The van der Waals surface area contributed by atoms with E-state index in [0.717, 1.165) is 39.5 Å². The zero-order valence-corrected chi connectivity index (χ0v) is 17.9. The van der Waals surface area contributed by atoms with Crippen LogP contribution in [0.2, 0.25) is 0 Å². The summed E-state index contributed by atoms with van der Waals surface area (Å²) in [7, 11) is 0. The zero-order valence-electron chi connectivity index (χ0n) is 17.9. The molecule has 160 valence electrons. The highest BCUT2D eigenvalue weighted by atomic mass is 16.3. The molecule has 1 atom stereocenters. The normalized spacial score (nSPS) is 14.9. The van der Waals surface area contributed by atoms with E-state index in [2.05, 4.69) is 47.8 Å². The molecule has 1 aliphatic rings. The van der Waals surface area contributed by atoms with E-state index in [1.165, 1.54) is 5.39 Å². The molecule has 0 bridgehead atoms. The first-order valence-corrected chi connectivity index (χ1v) is 11.1. The number of rotatable bonds is 5. The number of fused-ring (bicyclic) bond motifs is 2. The monoisotopic (exact) mass is 432 g/mol. The third kappa shape index (κ3) is 3.68. The molecule has 5 nitrogen and oxygen atoms in total. The molecule has 1 N–H and O–H groups in total. The van der Waals surface area contributed by atoms with Crippen LogP contribution in [-0.2, 0) is 12.8 Å². The van der Waals surface area contributed by atoms with Gasteiger partial charge in [0.25, 0.3) is 0 Å². The average Bonchev–Trinajstić information content (AvgIpc) is 3.48. The molecule has 0 fully saturated rings. The van der Waals surface area contributed by atoms with Gasteiger partial charge in [-0.3, -0.25) is 5.32 Å². The van der Waals surface area contributed by atoms with Gasteiger partial charge in [0.05, 0.1) is 12.7 Å². The predicted molar refractivity (Wildman–Crippen MR) is 127 cm³/mol. The lowest BCUT2D eigenvalue weighted by Gasteiger charge is -2.08. The molecule has 0 amide bonds. The van der Waals surface area contributed by atoms with Crippen molar-refractivity contribution in [1.82, 2.24) is 4.98 Å². The van der Waals surface area contributed by atoms with Crippen LogP contribution in [0.3, 0.4) is 0 Å². The van der Waals surface area contributed by atoms with Gasteiger partial charge in [-0.25, -0.2) is 9.78 Å². The highest BCUT2D eigenvalue weighted by molar-refractivity contribution is 5.87. The Morgan fingerprint density at radius 2 is 1.73 bits per heavy atom. The summed E-state index contributed by atoms with van der Waals surface area (Å²) in [5.74, 6) is 1.53. The number of carbonyl (C=O) groups is 1. The van der Waals surface area contributed by atoms with Gasteiger partial charge in [-0.15, -0.1) is 0 Å². The minimum atomic E-state index is -0.390. The van der Waals surface area contributed by atoms with Gasteiger partial charge >= 0.3 is 11.7 Å². The van der Waals surface area contributed by atoms with Gasteiger partial charge in [0, 0.05) is 12.0 Å². The van der Waals surface area contributed by atoms with Crippen LogP contribution in [-0.4, -0.2) is 16.9 Å². The number of furan rings is 1. The minimum Gasteiger partial charge on any atom is -0.469 e. The van der Waals surface area contributed by atoms with E-state index in [9.17, 15) is 4.79 Å². The lowest BCUT2D eigenvalue weighted by atomic mass is 10.0. The number of hydrogen-bond donors (Lipinski definition) is 1. The highest BCUT2D eigenvalue weighted by Crippen LogP contribution is 2.27. The summed E-state index contributed by atoms with van der Waals surface area (Å²) in [6, 6.07) is 28.1. The van der Waals surface area contributed by atoms with Gasteiger partial charge in [-0.1, -0.05) is 66.7 Å². The molecule has 2 aromatic heterocycles. The molecular formula is C28H22N3O2+. The molecule has 0 radical (unpaired) electrons. The smallest absolute Gasteiger partial charge is 0.359 e. The molecule has 0 spiro atoms. The molecular weight excluding hydrogens is 410 g/mol. The Morgan fingerprint density at radius 1 is 0.909 bits per heavy atom. The van der Waals surface area contributed by atoms with Crippen LogP contribution in [0.1, 0.15) is 21.8 Å². The summed E-state index contributed by atoms with van der Waals surface area (Å²) in [6.07, 6.45) is 4.61. The Kier molecular flexibility index (Phi) is 4.73. The van der Waals surface area contributed by atoms with E-state index in [0.29, 0.717) is 12.8 Å². The Bertz CT molecular complexity index is 1460. The molecule has 0 saturated heterocycles. The van der Waals surface area contributed by atoms with Crippen molar-refractivity contribution in [1.29, 1.82) is 0 Å². The summed E-state index contributed by atoms with van der Waals surface area (Å²) in [6.45, 7) is 0. The number of benzene rings is 3. The number of aromatic nitrogens is 2. The van der Waals surface area contributed by atoms with Gasteiger partial charge < -0.3 is 4.42 Å². The van der Waals surface area contributed by atoms with Crippen molar-refractivity contribution in [2.75, 3.05) is 5.32 Å². The number of hydrogen-bond acceptors (Lipinski definition) is 4. The molecule has 6 rings (SSSR count). The number of anilines is 1. The third-order valence-corrected chi connectivity index (χ3v) is 6.11. The van der Waals surface area contributed by atoms with E-state index in [1.54, 1.807) is 10.8 Å². The van der Waals surface area contributed by atoms with Gasteiger partial charge in [0.1, 0.15) is 23.3 Å². The summed E-state index contributed by atoms with van der Waals surface area (Å²) in [5, 5.41) is 5.73. The van der Waals surface area contributed by atoms with E-state index in [-0.39, 0.29) is 11.9 Å². The molecule has 1 aliphatic heterocycles. The van der Waals surface area contributed by atoms with E-state index < -0.39 is 0 Å². The Hall–Kier alpha value is -4.25. The molecule has 3 aromatic carbocycles. The number of nitrogens with zero attached hydrogens (tertiary/aromatic N) is 2. The van der Waals surface area contributed by atoms with Crippen molar-refractivity contribution in [3.63, 3.8) is 0 Å². The van der Waals surface area contributed by atoms with E-state index in [4.69, 9.17) is 9.40 Å². The maximum absolute atomic E-state index is 13.4. The Labute approximate surface area is 191 Å². The SMILES string of the molecule is O=C1C(Cc2ccco2)Nc2c(Cc3ccccc3)nc(-c3ccc4ccccc4c3)c[n+]21. The maximum Gasteiger partial charge on any atom is 0.359 e. The second kappa shape index (κ2) is 8.02. The van der Waals surface area contributed by atoms with Crippen LogP contribution in [0.25, 0.3) is 22.0 Å². The fraction of sp³-hybridized carbons (Fsp3) is 0.107. The summed E-state index contributed by atoms with van der Waals surface area (Å²) in [4.78, 5) is 18.4. The third-order valence-electron chi connectivity index (χ3n) is 6.11. The lowest BCUT2D eigenvalue weighted by Crippen LogP contribution is -2.44. The first-order valence-electron chi connectivity index (χ1n) is 11.1. The van der Waals surface area contributed by atoms with Crippen LogP contribution >= 0.6 is 0 Å². The molecule has 33 heavy (non-hydrogen) atoms. The molecule has 0 aliphatic carbocycles. The quantitative estimate of drug-likeness (QED) is 0.395. The number of nitrogens with one attached hydrogen (secondary N) is 1. The summed E-state index contributed by atoms with van der Waals surface area (Å²) < 4.78 is 7.21. The van der Waals surface area contributed by atoms with Crippen molar-refractivity contribution in [2.24, 2.45) is 0 Å². The molecule has 0 saturated carbocycles. The molecule has 3 heterocycles. The second-order valence-corrected chi connectivity index (χ2v) is 8.33. The van der Waals surface area contributed by atoms with Crippen molar-refractivity contribution in [3.8, 4) is 11.3 Å². The topological polar surface area (TPSA) is 59.0 Å². The zero-order chi connectivity index (χ0) is 22.2. The Balaban J connectivity index is 1.44. The molecule has 5 heteroatoms. The number of carbonyl (C=O) groups excluding carboxylic acids is 1. The van der Waals surface area contributed by atoms with Crippen molar-refractivity contribution in [3.05, 3.63) is 114 Å². The fourth-order valence-corrected chi connectivity index (χ4v) is 4.44. The van der Waals surface area contributed by atoms with E-state index in [1.807, 2.05) is 48.7 Å². The largest absolute Gasteiger partial charge is 0.469 e. The maximum atomic E-state index is 13.4. The van der Waals surface area contributed by atoms with Crippen LogP contribution in [0.15, 0.2) is 102 Å². The fourth-order valence-electron chi connectivity index (χ4n) is 4.44.